The van der Waals surface area contributed by atoms with Crippen molar-refractivity contribution in [3.63, 3.8) is 0 Å². The Kier molecular flexibility index (Phi) is 6.79. The van der Waals surface area contributed by atoms with Crippen molar-refractivity contribution < 1.29 is 4.79 Å². The van der Waals surface area contributed by atoms with Crippen molar-refractivity contribution in [2.24, 2.45) is 0 Å². The number of nitrogens with one attached hydrogen (secondary N) is 1. The highest BCUT2D eigenvalue weighted by Crippen LogP contribution is 2.27. The van der Waals surface area contributed by atoms with E-state index < -0.39 is 0 Å². The van der Waals surface area contributed by atoms with Gasteiger partial charge < -0.3 is 10.2 Å². The van der Waals surface area contributed by atoms with E-state index in [4.69, 9.17) is 16.7 Å². The minimum atomic E-state index is 0. The van der Waals surface area contributed by atoms with E-state index in [1.807, 2.05) is 33.8 Å². The number of hydrogen-bond donors (Lipinski definition) is 1. The van der Waals surface area contributed by atoms with Gasteiger partial charge in [-0.1, -0.05) is 18.0 Å². The number of nitrogens with zero attached hydrogens (tertiary/aromatic N) is 3. The molecule has 0 radical (unpaired) electrons. The third-order valence-corrected chi connectivity index (χ3v) is 5.58. The molecule has 2 heterocycles. The minimum Gasteiger partial charge on any atom is -0.336 e. The lowest BCUT2D eigenvalue weighted by atomic mass is 10.1. The second kappa shape index (κ2) is 9.09. The second-order valence-electron chi connectivity index (χ2n) is 7.12. The first-order valence-corrected chi connectivity index (χ1v) is 9.98. The Balaban J connectivity index is 0.00000210. The SMILES string of the molecule is Cl.O=C(c1nn(-c2ccc(Cl)cc2)c2c1CCCCC2)N1CCCNCC1. The number of aromatic nitrogens is 2. The second-order valence-corrected chi connectivity index (χ2v) is 7.55. The molecule has 2 aliphatic rings. The Bertz CT molecular complexity index is 780. The number of carbonyl (C=O) groups excluding carboxylic acids is 1. The molecular formula is C20H26Cl2N4O. The third-order valence-electron chi connectivity index (χ3n) is 5.33. The van der Waals surface area contributed by atoms with E-state index in [1.165, 1.54) is 12.1 Å². The average Bonchev–Trinajstić information content (AvgIpc) is 2.87. The van der Waals surface area contributed by atoms with E-state index in [0.717, 1.165) is 69.5 Å². The van der Waals surface area contributed by atoms with Gasteiger partial charge in [0.05, 0.1) is 5.69 Å². The van der Waals surface area contributed by atoms with Crippen LogP contribution < -0.4 is 5.32 Å². The van der Waals surface area contributed by atoms with Crippen molar-refractivity contribution >= 4 is 29.9 Å². The molecule has 1 aliphatic heterocycles. The number of hydrogen-bond acceptors (Lipinski definition) is 3. The van der Waals surface area contributed by atoms with Crippen molar-refractivity contribution in [1.82, 2.24) is 20.0 Å². The first-order chi connectivity index (χ1) is 12.7. The molecule has 4 rings (SSSR count). The smallest absolute Gasteiger partial charge is 0.274 e. The molecule has 1 aromatic carbocycles. The highest BCUT2D eigenvalue weighted by atomic mass is 35.5. The predicted octanol–water partition coefficient (Wildman–Crippen LogP) is 3.65. The zero-order chi connectivity index (χ0) is 17.9. The molecule has 0 atom stereocenters. The van der Waals surface area contributed by atoms with Gasteiger partial charge in [0.2, 0.25) is 0 Å². The van der Waals surface area contributed by atoms with Gasteiger partial charge in [-0.3, -0.25) is 4.79 Å². The number of benzene rings is 1. The van der Waals surface area contributed by atoms with E-state index >= 15 is 0 Å². The van der Waals surface area contributed by atoms with Crippen molar-refractivity contribution in [2.75, 3.05) is 26.2 Å². The molecule has 1 saturated heterocycles. The van der Waals surface area contributed by atoms with Crippen LogP contribution >= 0.6 is 24.0 Å². The third kappa shape index (κ3) is 4.31. The zero-order valence-corrected chi connectivity index (χ0v) is 17.0. The molecule has 0 saturated carbocycles. The van der Waals surface area contributed by atoms with Gasteiger partial charge in [0, 0.05) is 35.9 Å². The van der Waals surface area contributed by atoms with Crippen LogP contribution in [0.25, 0.3) is 5.69 Å². The standard InChI is InChI=1S/C20H25ClN4O.ClH/c21-15-7-9-16(10-8-15)25-18-6-3-1-2-5-17(18)19(23-25)20(26)24-13-4-11-22-12-14-24;/h7-10,22H,1-6,11-14H2;1H. The number of fused-ring (bicyclic) bond motifs is 1. The maximum atomic E-state index is 13.2. The van der Waals surface area contributed by atoms with E-state index in [2.05, 4.69) is 5.32 Å². The molecule has 1 aliphatic carbocycles. The summed E-state index contributed by atoms with van der Waals surface area (Å²) in [6.07, 6.45) is 6.38. The first-order valence-electron chi connectivity index (χ1n) is 9.61. The summed E-state index contributed by atoms with van der Waals surface area (Å²) in [4.78, 5) is 15.2. The Labute approximate surface area is 171 Å². The van der Waals surface area contributed by atoms with Crippen molar-refractivity contribution in [3.8, 4) is 5.69 Å². The molecule has 0 spiro atoms. The lowest BCUT2D eigenvalue weighted by Gasteiger charge is -2.19. The van der Waals surface area contributed by atoms with E-state index in [1.54, 1.807) is 0 Å². The molecule has 0 bridgehead atoms. The van der Waals surface area contributed by atoms with Crippen molar-refractivity contribution in [3.05, 3.63) is 46.2 Å². The molecule has 2 aromatic rings. The minimum absolute atomic E-state index is 0. The average molecular weight is 409 g/mol. The van der Waals surface area contributed by atoms with Crippen LogP contribution in [0.5, 0.6) is 0 Å². The molecule has 7 heteroatoms. The monoisotopic (exact) mass is 408 g/mol. The largest absolute Gasteiger partial charge is 0.336 e. The summed E-state index contributed by atoms with van der Waals surface area (Å²) in [5.41, 5.74) is 3.98. The van der Waals surface area contributed by atoms with Crippen LogP contribution in [0.2, 0.25) is 5.02 Å². The fourth-order valence-corrected chi connectivity index (χ4v) is 4.07. The van der Waals surface area contributed by atoms with Gasteiger partial charge in [0.1, 0.15) is 0 Å². The lowest BCUT2D eigenvalue weighted by molar-refractivity contribution is 0.0759. The van der Waals surface area contributed by atoms with Crippen LogP contribution in [0.15, 0.2) is 24.3 Å². The summed E-state index contributed by atoms with van der Waals surface area (Å²) >= 11 is 6.04. The molecule has 1 amide bonds. The Morgan fingerprint density at radius 1 is 1.00 bits per heavy atom. The first kappa shape index (κ1) is 20.2. The molecule has 5 nitrogen and oxygen atoms in total. The fourth-order valence-electron chi connectivity index (χ4n) is 3.94. The number of amides is 1. The van der Waals surface area contributed by atoms with E-state index in [9.17, 15) is 4.79 Å². The molecule has 1 fully saturated rings. The quantitative estimate of drug-likeness (QED) is 0.771. The van der Waals surface area contributed by atoms with Crippen LogP contribution in [0.1, 0.15) is 47.4 Å². The number of halogens is 2. The van der Waals surface area contributed by atoms with Gasteiger partial charge in [-0.25, -0.2) is 4.68 Å². The van der Waals surface area contributed by atoms with Gasteiger partial charge in [-0.05, 0) is 62.9 Å². The summed E-state index contributed by atoms with van der Waals surface area (Å²) in [7, 11) is 0. The Morgan fingerprint density at radius 2 is 1.78 bits per heavy atom. The van der Waals surface area contributed by atoms with Crippen molar-refractivity contribution in [2.45, 2.75) is 38.5 Å². The van der Waals surface area contributed by atoms with Gasteiger partial charge in [-0.15, -0.1) is 12.4 Å². The van der Waals surface area contributed by atoms with Gasteiger partial charge in [0.25, 0.3) is 5.91 Å². The Hall–Kier alpha value is -1.56. The van der Waals surface area contributed by atoms with Gasteiger partial charge >= 0.3 is 0 Å². The van der Waals surface area contributed by atoms with Crippen molar-refractivity contribution in [1.29, 1.82) is 0 Å². The Morgan fingerprint density at radius 3 is 2.59 bits per heavy atom. The summed E-state index contributed by atoms with van der Waals surface area (Å²) in [6.45, 7) is 3.38. The molecule has 1 N–H and O–H groups in total. The molecule has 0 unspecified atom stereocenters. The maximum absolute atomic E-state index is 13.2. The van der Waals surface area contributed by atoms with Crippen LogP contribution in [-0.4, -0.2) is 46.8 Å². The van der Waals surface area contributed by atoms with E-state index in [0.29, 0.717) is 10.7 Å². The predicted molar refractivity (Wildman–Crippen MR) is 110 cm³/mol. The van der Waals surface area contributed by atoms with Crippen LogP contribution in [0, 0.1) is 0 Å². The highest BCUT2D eigenvalue weighted by Gasteiger charge is 2.28. The summed E-state index contributed by atoms with van der Waals surface area (Å²) in [5.74, 6) is 0.0829. The topological polar surface area (TPSA) is 50.2 Å². The summed E-state index contributed by atoms with van der Waals surface area (Å²) in [6, 6.07) is 7.71. The molecule has 146 valence electrons. The number of carbonyl (C=O) groups is 1. The van der Waals surface area contributed by atoms with Crippen LogP contribution in [-0.2, 0) is 12.8 Å². The normalized spacial score (nSPS) is 17.4. The maximum Gasteiger partial charge on any atom is 0.274 e. The zero-order valence-electron chi connectivity index (χ0n) is 15.4. The molecule has 27 heavy (non-hydrogen) atoms. The van der Waals surface area contributed by atoms with Gasteiger partial charge in [0.15, 0.2) is 5.69 Å². The highest BCUT2D eigenvalue weighted by molar-refractivity contribution is 6.30. The van der Waals surface area contributed by atoms with Crippen LogP contribution in [0.3, 0.4) is 0 Å². The molecule has 1 aromatic heterocycles. The number of rotatable bonds is 2. The summed E-state index contributed by atoms with van der Waals surface area (Å²) < 4.78 is 1.97. The van der Waals surface area contributed by atoms with E-state index in [-0.39, 0.29) is 18.3 Å². The lowest BCUT2D eigenvalue weighted by Crippen LogP contribution is -2.35. The fraction of sp³-hybridized carbons (Fsp3) is 0.500. The van der Waals surface area contributed by atoms with Gasteiger partial charge in [-0.2, -0.15) is 5.10 Å². The molecular weight excluding hydrogens is 383 g/mol. The summed E-state index contributed by atoms with van der Waals surface area (Å²) in [5, 5.41) is 8.87. The van der Waals surface area contributed by atoms with Crippen LogP contribution in [0.4, 0.5) is 0 Å².